The third kappa shape index (κ3) is 7.49. The maximum atomic E-state index is 14.4. The molecule has 9 nitrogen and oxygen atoms in total. The Hall–Kier alpha value is -1.89. The first-order valence-electron chi connectivity index (χ1n) is 22.7. The van der Waals surface area contributed by atoms with Crippen molar-refractivity contribution in [1.29, 1.82) is 0 Å². The topological polar surface area (TPSA) is 90.9 Å². The van der Waals surface area contributed by atoms with Gasteiger partial charge in [0.05, 0.1) is 37.8 Å². The van der Waals surface area contributed by atoms with E-state index in [2.05, 4.69) is 6.08 Å². The molecule has 0 aromatic rings. The Bertz CT molecular complexity index is 1740. The van der Waals surface area contributed by atoms with Crippen LogP contribution >= 0.6 is 0 Å². The van der Waals surface area contributed by atoms with Crippen LogP contribution in [0.3, 0.4) is 0 Å². The molecule has 3 heterocycles. The Morgan fingerprint density at radius 3 is 1.87 bits per heavy atom. The van der Waals surface area contributed by atoms with Crippen molar-refractivity contribution in [2.75, 3.05) is 59.5 Å². The molecule has 0 aromatic carbocycles. The van der Waals surface area contributed by atoms with Crippen molar-refractivity contribution < 1.29 is 77.8 Å². The molecule has 0 N–H and O–H groups in total. The second-order valence-corrected chi connectivity index (χ2v) is 21.2. The summed E-state index contributed by atoms with van der Waals surface area (Å²) in [6.45, 7) is -3.51. The first kappa shape index (κ1) is 44.0. The highest BCUT2D eigenvalue weighted by Gasteiger charge is 2.69. The van der Waals surface area contributed by atoms with Crippen LogP contribution < -0.4 is 0 Å². The van der Waals surface area contributed by atoms with Gasteiger partial charge in [0.2, 0.25) is 0 Å². The summed E-state index contributed by atoms with van der Waals surface area (Å²) in [5.41, 5.74) is 1.05. The van der Waals surface area contributed by atoms with Crippen LogP contribution in [0.25, 0.3) is 0 Å². The minimum Gasteiger partial charge on any atom is -0.465 e. The van der Waals surface area contributed by atoms with E-state index >= 15 is 0 Å². The molecule has 2 spiro atoms. The zero-order chi connectivity index (χ0) is 43.6. The third-order valence-electron chi connectivity index (χ3n) is 16.6. The monoisotopic (exact) mass is 894 g/mol. The molecule has 8 bridgehead atoms. The summed E-state index contributed by atoms with van der Waals surface area (Å²) in [6.07, 6.45) is 13.0. The van der Waals surface area contributed by atoms with Crippen molar-refractivity contribution in [1.82, 2.24) is 0 Å². The molecule has 8 aliphatic carbocycles. The van der Waals surface area contributed by atoms with Crippen LogP contribution in [0, 0.1) is 58.2 Å². The molecule has 0 radical (unpaired) electrons. The summed E-state index contributed by atoms with van der Waals surface area (Å²) in [5, 5.41) is 0. The lowest BCUT2D eigenvalue weighted by molar-refractivity contribution is -0.351. The van der Waals surface area contributed by atoms with E-state index in [0.717, 1.165) is 31.3 Å². The molecule has 3 saturated heterocycles. The van der Waals surface area contributed by atoms with E-state index in [1.165, 1.54) is 18.4 Å². The molecule has 6 saturated carbocycles. The van der Waals surface area contributed by atoms with Gasteiger partial charge in [-0.3, -0.25) is 4.79 Å². The van der Waals surface area contributed by atoms with Crippen molar-refractivity contribution in [3.63, 3.8) is 0 Å². The van der Waals surface area contributed by atoms with Gasteiger partial charge in [-0.2, -0.15) is 35.1 Å². The highest BCUT2D eigenvalue weighted by Crippen LogP contribution is 2.66. The number of halogens is 8. The molecule has 9 fully saturated rings. The van der Waals surface area contributed by atoms with Gasteiger partial charge in [-0.25, -0.2) is 0 Å². The van der Waals surface area contributed by atoms with Crippen LogP contribution in [-0.2, 0) is 42.7 Å². The van der Waals surface area contributed by atoms with Crippen molar-refractivity contribution in [2.45, 2.75) is 132 Å². The van der Waals surface area contributed by atoms with Crippen LogP contribution in [0.2, 0.25) is 0 Å². The van der Waals surface area contributed by atoms with Gasteiger partial charge in [0, 0.05) is 29.6 Å². The third-order valence-corrected chi connectivity index (χ3v) is 16.6. The summed E-state index contributed by atoms with van der Waals surface area (Å²) in [6, 6.07) is 0. The number of ether oxygens (including phenoxy) is 8. The number of carbonyl (C=O) groups excluding carboxylic acids is 1. The van der Waals surface area contributed by atoms with E-state index in [9.17, 15) is 39.9 Å². The number of hydrogen-bond acceptors (Lipinski definition) is 9. The lowest BCUT2D eigenvalue weighted by Crippen LogP contribution is -2.64. The molecule has 0 aromatic heterocycles. The van der Waals surface area contributed by atoms with Crippen LogP contribution in [0.5, 0.6) is 0 Å². The average molecular weight is 895 g/mol. The Labute approximate surface area is 356 Å². The van der Waals surface area contributed by atoms with E-state index in [4.69, 9.17) is 37.9 Å². The number of alkyl halides is 8. The summed E-state index contributed by atoms with van der Waals surface area (Å²) in [5.74, 6) is -23.0. The molecule has 3 aliphatic heterocycles. The highest BCUT2D eigenvalue weighted by atomic mass is 19.3. The Morgan fingerprint density at radius 2 is 1.26 bits per heavy atom. The second-order valence-electron chi connectivity index (χ2n) is 21.2. The van der Waals surface area contributed by atoms with E-state index in [1.807, 2.05) is 0 Å². The van der Waals surface area contributed by atoms with Crippen LogP contribution in [0.1, 0.15) is 90.4 Å². The molecule has 62 heavy (non-hydrogen) atoms. The molecule has 7 atom stereocenters. The minimum atomic E-state index is -4.42. The Morgan fingerprint density at radius 1 is 0.645 bits per heavy atom. The molecule has 11 rings (SSSR count). The minimum absolute atomic E-state index is 0.0937. The van der Waals surface area contributed by atoms with Crippen molar-refractivity contribution in [2.24, 2.45) is 58.2 Å². The fourth-order valence-corrected chi connectivity index (χ4v) is 13.6. The highest BCUT2D eigenvalue weighted by molar-refractivity contribution is 5.73. The smallest absolute Gasteiger partial charge is 0.335 e. The lowest BCUT2D eigenvalue weighted by Gasteiger charge is -2.63. The first-order chi connectivity index (χ1) is 29.2. The summed E-state index contributed by atoms with van der Waals surface area (Å²) in [4.78, 5) is 14.0. The van der Waals surface area contributed by atoms with Crippen LogP contribution in [0.15, 0.2) is 23.3 Å². The Balaban J connectivity index is 0.822. The van der Waals surface area contributed by atoms with E-state index < -0.39 is 97.1 Å². The standard InChI is InChI=1S/C45H58F8O9/c1-26-5-29-9-31(13-33(10-29)44(26)59-22-40(46,47)41(48,49)23-60-44)36(54)56-19-39(20-57-37(58-21-39)32-7-27-3-2-4-28(6-27)8-32)18-55-17-38-14-30-11-34(15-38)45(35(12-30)16-38)61-24-42(50,51)43(52,53)25-62-45/h5,7,26,28,30-35,37H,2-4,6,8-25H2,1H3. The molecular formula is C45H58F8O9. The predicted molar refractivity (Wildman–Crippen MR) is 201 cm³/mol. The number of allylic oxidation sites excluding steroid dienone is 2. The first-order valence-corrected chi connectivity index (χ1v) is 22.7. The SMILES string of the molecule is CC1C=C2CC(C(=O)OCC3(COCC45CC6CC(C4)C4(OCC(F)(F)C(F)(F)CO4)C(C6)C5)COC(C4C=C5CCCC(C5)C4)OC3)CC(C2)C12OCC(F)(F)C(F)(F)CO2. The summed E-state index contributed by atoms with van der Waals surface area (Å²) < 4.78 is 163. The number of fused-ring (bicyclic) bond motifs is 5. The normalized spacial score (nSPS) is 44.2. The summed E-state index contributed by atoms with van der Waals surface area (Å²) in [7, 11) is 0. The molecule has 11 aliphatic rings. The number of esters is 1. The van der Waals surface area contributed by atoms with Gasteiger partial charge in [0.1, 0.15) is 33.0 Å². The van der Waals surface area contributed by atoms with Crippen LogP contribution in [-0.4, -0.2) is 107 Å². The van der Waals surface area contributed by atoms with E-state index in [-0.39, 0.29) is 61.9 Å². The van der Waals surface area contributed by atoms with Crippen molar-refractivity contribution in [3.05, 3.63) is 23.3 Å². The quantitative estimate of drug-likeness (QED) is 0.135. The van der Waals surface area contributed by atoms with Gasteiger partial charge in [-0.15, -0.1) is 0 Å². The molecular weight excluding hydrogens is 836 g/mol. The Kier molecular flexibility index (Phi) is 10.9. The van der Waals surface area contributed by atoms with Gasteiger partial charge >= 0.3 is 29.7 Å². The fraction of sp³-hybridized carbons (Fsp3) is 0.889. The van der Waals surface area contributed by atoms with Crippen molar-refractivity contribution in [3.8, 4) is 0 Å². The predicted octanol–water partition coefficient (Wildman–Crippen LogP) is 8.89. The van der Waals surface area contributed by atoms with Gasteiger partial charge in [0.25, 0.3) is 0 Å². The number of rotatable bonds is 8. The largest absolute Gasteiger partial charge is 0.465 e. The fourth-order valence-electron chi connectivity index (χ4n) is 13.6. The van der Waals surface area contributed by atoms with Crippen molar-refractivity contribution >= 4 is 5.97 Å². The molecule has 7 unspecified atom stereocenters. The zero-order valence-corrected chi connectivity index (χ0v) is 35.1. The molecule has 348 valence electrons. The van der Waals surface area contributed by atoms with Gasteiger partial charge < -0.3 is 37.9 Å². The van der Waals surface area contributed by atoms with E-state index in [0.29, 0.717) is 51.0 Å². The second kappa shape index (κ2) is 15.3. The molecule has 0 amide bonds. The van der Waals surface area contributed by atoms with Gasteiger partial charge in [-0.1, -0.05) is 30.2 Å². The average Bonchev–Trinajstić information content (AvgIpc) is 3.37. The number of hydrogen-bond donors (Lipinski definition) is 0. The summed E-state index contributed by atoms with van der Waals surface area (Å²) >= 11 is 0. The maximum Gasteiger partial charge on any atom is 0.335 e. The number of carbonyl (C=O) groups is 1. The maximum absolute atomic E-state index is 14.4. The van der Waals surface area contributed by atoms with E-state index in [1.54, 1.807) is 13.0 Å². The zero-order valence-electron chi connectivity index (χ0n) is 35.1. The molecule has 17 heteroatoms. The van der Waals surface area contributed by atoms with Gasteiger partial charge in [-0.05, 0) is 101 Å². The van der Waals surface area contributed by atoms with Crippen LogP contribution in [0.4, 0.5) is 35.1 Å². The van der Waals surface area contributed by atoms with Gasteiger partial charge in [0.15, 0.2) is 17.9 Å². The lowest BCUT2D eigenvalue weighted by atomic mass is 9.47.